The Bertz CT molecular complexity index is 334. The van der Waals surface area contributed by atoms with E-state index in [0.29, 0.717) is 12.5 Å². The van der Waals surface area contributed by atoms with E-state index in [0.717, 1.165) is 5.56 Å². The third-order valence-corrected chi connectivity index (χ3v) is 2.24. The largest absolute Gasteiger partial charge is 0.445 e. The second kappa shape index (κ2) is 5.39. The molecule has 0 aromatic heterocycles. The average Bonchev–Trinajstić information content (AvgIpc) is 2.26. The van der Waals surface area contributed by atoms with Gasteiger partial charge in [-0.1, -0.05) is 38.1 Å². The Morgan fingerprint density at radius 2 is 2.07 bits per heavy atom. The minimum atomic E-state index is -0.395. The summed E-state index contributed by atoms with van der Waals surface area (Å²) >= 11 is 0. The Morgan fingerprint density at radius 1 is 1.40 bits per heavy atom. The van der Waals surface area contributed by atoms with Crippen LogP contribution in [0.4, 0.5) is 4.79 Å². The summed E-state index contributed by atoms with van der Waals surface area (Å²) < 4.78 is 5.02. The lowest BCUT2D eigenvalue weighted by Crippen LogP contribution is -2.19. The Balaban J connectivity index is 2.71. The van der Waals surface area contributed by atoms with Crippen LogP contribution >= 0.6 is 0 Å². The second-order valence-corrected chi connectivity index (χ2v) is 3.68. The molecular formula is C12H17NO2. The lowest BCUT2D eigenvalue weighted by molar-refractivity contribution is 0.141. The molecule has 0 saturated heterocycles. The van der Waals surface area contributed by atoms with Crippen molar-refractivity contribution in [2.24, 2.45) is 0 Å². The molecule has 15 heavy (non-hydrogen) atoms. The molecule has 0 saturated carbocycles. The van der Waals surface area contributed by atoms with E-state index < -0.39 is 6.09 Å². The van der Waals surface area contributed by atoms with Crippen molar-refractivity contribution in [3.8, 4) is 0 Å². The van der Waals surface area contributed by atoms with Gasteiger partial charge in [0.15, 0.2) is 0 Å². The van der Waals surface area contributed by atoms with Crippen molar-refractivity contribution in [2.45, 2.75) is 26.4 Å². The number of hydrogen-bond donors (Lipinski definition) is 1. The Hall–Kier alpha value is -1.51. The van der Waals surface area contributed by atoms with Crippen LogP contribution in [0.25, 0.3) is 0 Å². The standard InChI is InChI=1S/C12H17NO2/c1-9(2)11-7-5-4-6-10(11)8-15-12(14)13-3/h4-7,9H,8H2,1-3H3,(H,13,14). The van der Waals surface area contributed by atoms with Gasteiger partial charge < -0.3 is 10.1 Å². The molecule has 0 heterocycles. The van der Waals surface area contributed by atoms with Crippen LogP contribution in [-0.4, -0.2) is 13.1 Å². The molecule has 0 aliphatic heterocycles. The summed E-state index contributed by atoms with van der Waals surface area (Å²) in [5.74, 6) is 0.439. The van der Waals surface area contributed by atoms with E-state index in [1.165, 1.54) is 5.56 Å². The van der Waals surface area contributed by atoms with E-state index in [4.69, 9.17) is 4.74 Å². The summed E-state index contributed by atoms with van der Waals surface area (Å²) in [6.45, 7) is 4.57. The number of nitrogens with one attached hydrogen (secondary N) is 1. The van der Waals surface area contributed by atoms with Gasteiger partial charge in [-0.05, 0) is 17.0 Å². The number of benzene rings is 1. The van der Waals surface area contributed by atoms with Crippen molar-refractivity contribution in [1.82, 2.24) is 5.32 Å². The first-order chi connectivity index (χ1) is 7.15. The minimum absolute atomic E-state index is 0.327. The van der Waals surface area contributed by atoms with Gasteiger partial charge in [0.2, 0.25) is 0 Å². The molecule has 0 aliphatic rings. The number of rotatable bonds is 3. The van der Waals surface area contributed by atoms with Crippen LogP contribution in [0.1, 0.15) is 30.9 Å². The number of ether oxygens (including phenoxy) is 1. The summed E-state index contributed by atoms with van der Waals surface area (Å²) in [4.78, 5) is 10.9. The van der Waals surface area contributed by atoms with E-state index in [1.807, 2.05) is 18.2 Å². The van der Waals surface area contributed by atoms with Gasteiger partial charge in [-0.25, -0.2) is 4.79 Å². The number of carbonyl (C=O) groups excluding carboxylic acids is 1. The third-order valence-electron chi connectivity index (χ3n) is 2.24. The van der Waals surface area contributed by atoms with Gasteiger partial charge in [0.1, 0.15) is 6.61 Å². The highest BCUT2D eigenvalue weighted by Crippen LogP contribution is 2.19. The normalized spacial score (nSPS) is 10.1. The number of hydrogen-bond acceptors (Lipinski definition) is 2. The third kappa shape index (κ3) is 3.27. The van der Waals surface area contributed by atoms with Crippen LogP contribution in [0.15, 0.2) is 24.3 Å². The van der Waals surface area contributed by atoms with Gasteiger partial charge in [-0.2, -0.15) is 0 Å². The molecule has 1 aromatic rings. The van der Waals surface area contributed by atoms with E-state index in [2.05, 4.69) is 25.2 Å². The first-order valence-corrected chi connectivity index (χ1v) is 5.07. The van der Waals surface area contributed by atoms with Gasteiger partial charge in [-0.3, -0.25) is 0 Å². The fourth-order valence-corrected chi connectivity index (χ4v) is 1.44. The quantitative estimate of drug-likeness (QED) is 0.827. The number of carbonyl (C=O) groups is 1. The summed E-state index contributed by atoms with van der Waals surface area (Å²) in [5.41, 5.74) is 2.29. The molecule has 1 N–H and O–H groups in total. The van der Waals surface area contributed by atoms with Gasteiger partial charge in [0.25, 0.3) is 0 Å². The van der Waals surface area contributed by atoms with Gasteiger partial charge in [0, 0.05) is 7.05 Å². The molecule has 0 atom stereocenters. The summed E-state index contributed by atoms with van der Waals surface area (Å²) in [5, 5.41) is 2.42. The summed E-state index contributed by atoms with van der Waals surface area (Å²) in [6.07, 6.45) is -0.395. The SMILES string of the molecule is CNC(=O)OCc1ccccc1C(C)C. The molecule has 0 bridgehead atoms. The van der Waals surface area contributed by atoms with Crippen molar-refractivity contribution in [3.05, 3.63) is 35.4 Å². The molecule has 3 nitrogen and oxygen atoms in total. The molecule has 1 aromatic carbocycles. The monoisotopic (exact) mass is 207 g/mol. The summed E-state index contributed by atoms with van der Waals surface area (Å²) in [7, 11) is 1.55. The van der Waals surface area contributed by atoms with Crippen molar-refractivity contribution >= 4 is 6.09 Å². The smallest absolute Gasteiger partial charge is 0.407 e. The molecule has 1 amide bonds. The van der Waals surface area contributed by atoms with Crippen molar-refractivity contribution in [1.29, 1.82) is 0 Å². The highest BCUT2D eigenvalue weighted by Gasteiger charge is 2.07. The van der Waals surface area contributed by atoms with Crippen LogP contribution in [-0.2, 0) is 11.3 Å². The van der Waals surface area contributed by atoms with E-state index in [1.54, 1.807) is 7.05 Å². The zero-order chi connectivity index (χ0) is 11.3. The topological polar surface area (TPSA) is 38.3 Å². The highest BCUT2D eigenvalue weighted by molar-refractivity contribution is 5.66. The zero-order valence-electron chi connectivity index (χ0n) is 9.41. The fourth-order valence-electron chi connectivity index (χ4n) is 1.44. The van der Waals surface area contributed by atoms with Gasteiger partial charge in [0.05, 0.1) is 0 Å². The molecule has 0 aliphatic carbocycles. The Morgan fingerprint density at radius 3 is 2.67 bits per heavy atom. The molecule has 1 rings (SSSR count). The molecule has 82 valence electrons. The van der Waals surface area contributed by atoms with Crippen LogP contribution in [0, 0.1) is 0 Å². The Labute approximate surface area is 90.4 Å². The highest BCUT2D eigenvalue weighted by atomic mass is 16.5. The lowest BCUT2D eigenvalue weighted by Gasteiger charge is -2.12. The van der Waals surface area contributed by atoms with Gasteiger partial charge >= 0.3 is 6.09 Å². The van der Waals surface area contributed by atoms with Gasteiger partial charge in [-0.15, -0.1) is 0 Å². The second-order valence-electron chi connectivity index (χ2n) is 3.68. The molecule has 0 radical (unpaired) electrons. The van der Waals surface area contributed by atoms with Crippen molar-refractivity contribution < 1.29 is 9.53 Å². The van der Waals surface area contributed by atoms with E-state index >= 15 is 0 Å². The fraction of sp³-hybridized carbons (Fsp3) is 0.417. The van der Waals surface area contributed by atoms with Crippen molar-refractivity contribution in [2.75, 3.05) is 7.05 Å². The van der Waals surface area contributed by atoms with E-state index in [-0.39, 0.29) is 0 Å². The molecule has 3 heteroatoms. The summed E-state index contributed by atoms with van der Waals surface area (Å²) in [6, 6.07) is 8.00. The lowest BCUT2D eigenvalue weighted by atomic mass is 9.98. The maximum absolute atomic E-state index is 10.9. The molecule has 0 unspecified atom stereocenters. The first-order valence-electron chi connectivity index (χ1n) is 5.07. The zero-order valence-corrected chi connectivity index (χ0v) is 9.41. The maximum Gasteiger partial charge on any atom is 0.407 e. The maximum atomic E-state index is 10.9. The first kappa shape index (κ1) is 11.6. The molecular weight excluding hydrogens is 190 g/mol. The molecule has 0 spiro atoms. The Kier molecular flexibility index (Phi) is 4.16. The van der Waals surface area contributed by atoms with Crippen LogP contribution < -0.4 is 5.32 Å². The van der Waals surface area contributed by atoms with E-state index in [9.17, 15) is 4.79 Å². The van der Waals surface area contributed by atoms with Crippen LogP contribution in [0.3, 0.4) is 0 Å². The minimum Gasteiger partial charge on any atom is -0.445 e. The average molecular weight is 207 g/mol. The predicted octanol–water partition coefficient (Wildman–Crippen LogP) is 2.67. The number of amides is 1. The van der Waals surface area contributed by atoms with Crippen LogP contribution in [0.2, 0.25) is 0 Å². The van der Waals surface area contributed by atoms with Crippen LogP contribution in [0.5, 0.6) is 0 Å². The molecule has 0 fully saturated rings. The predicted molar refractivity (Wildman–Crippen MR) is 59.8 cm³/mol. The van der Waals surface area contributed by atoms with Crippen molar-refractivity contribution in [3.63, 3.8) is 0 Å². The number of alkyl carbamates (subject to hydrolysis) is 1.